The molecule has 0 aliphatic rings. The number of H-pyrrole nitrogens is 1. The fourth-order valence-electron chi connectivity index (χ4n) is 2.15. The number of alkyl halides is 2. The van der Waals surface area contributed by atoms with Crippen LogP contribution in [0.3, 0.4) is 0 Å². The Morgan fingerprint density at radius 1 is 1.24 bits per heavy atom. The van der Waals surface area contributed by atoms with Crippen LogP contribution in [0.15, 0.2) is 30.5 Å². The van der Waals surface area contributed by atoms with Gasteiger partial charge < -0.3 is 9.88 Å². The highest BCUT2D eigenvalue weighted by atomic mass is 19.3. The Bertz CT molecular complexity index is 612. The number of likely N-dealkylation sites (N-methyl/N-ethyl adjacent to an activating group) is 2. The van der Waals surface area contributed by atoms with E-state index in [-0.39, 0.29) is 12.5 Å². The van der Waals surface area contributed by atoms with Crippen LogP contribution in [0.1, 0.15) is 10.4 Å². The largest absolute Gasteiger partial charge is 0.361 e. The summed E-state index contributed by atoms with van der Waals surface area (Å²) in [5.74, 6) is -0.114. The molecule has 0 spiro atoms. The van der Waals surface area contributed by atoms with Crippen LogP contribution in [-0.4, -0.2) is 60.8 Å². The van der Waals surface area contributed by atoms with Crippen LogP contribution in [0.2, 0.25) is 0 Å². The average molecular weight is 295 g/mol. The Morgan fingerprint density at radius 2 is 2.00 bits per heavy atom. The van der Waals surface area contributed by atoms with Crippen LogP contribution < -0.4 is 0 Å². The molecule has 2 aromatic rings. The third kappa shape index (κ3) is 4.01. The summed E-state index contributed by atoms with van der Waals surface area (Å²) in [6.45, 7) is 0.540. The van der Waals surface area contributed by atoms with Gasteiger partial charge in [0.05, 0.1) is 6.54 Å². The molecule has 6 heteroatoms. The van der Waals surface area contributed by atoms with Crippen molar-refractivity contribution in [3.05, 3.63) is 36.0 Å². The minimum atomic E-state index is -2.36. The lowest BCUT2D eigenvalue weighted by Crippen LogP contribution is -2.36. The highest BCUT2D eigenvalue weighted by molar-refractivity contribution is 5.97. The predicted molar refractivity (Wildman–Crippen MR) is 78.8 cm³/mol. The van der Waals surface area contributed by atoms with Crippen LogP contribution in [0, 0.1) is 0 Å². The molecule has 1 amide bonds. The lowest BCUT2D eigenvalue weighted by atomic mass is 10.1. The lowest BCUT2D eigenvalue weighted by Gasteiger charge is -2.22. The van der Waals surface area contributed by atoms with Gasteiger partial charge in [0.15, 0.2) is 0 Å². The molecule has 0 bridgehead atoms. The molecule has 21 heavy (non-hydrogen) atoms. The molecule has 2 rings (SSSR count). The van der Waals surface area contributed by atoms with Gasteiger partial charge in [-0.3, -0.25) is 9.69 Å². The maximum Gasteiger partial charge on any atom is 0.253 e. The summed E-state index contributed by atoms with van der Waals surface area (Å²) in [4.78, 5) is 18.4. The predicted octanol–water partition coefficient (Wildman–Crippen LogP) is 2.44. The third-order valence-electron chi connectivity index (χ3n) is 3.42. The van der Waals surface area contributed by atoms with Crippen molar-refractivity contribution in [3.8, 4) is 0 Å². The topological polar surface area (TPSA) is 39.3 Å². The number of hydrogen-bond acceptors (Lipinski definition) is 2. The number of amides is 1. The van der Waals surface area contributed by atoms with E-state index < -0.39 is 6.43 Å². The molecule has 0 radical (unpaired) electrons. The summed E-state index contributed by atoms with van der Waals surface area (Å²) >= 11 is 0. The van der Waals surface area contributed by atoms with Crippen LogP contribution in [0.25, 0.3) is 10.9 Å². The Labute approximate surface area is 122 Å². The van der Waals surface area contributed by atoms with Crippen LogP contribution >= 0.6 is 0 Å². The zero-order valence-electron chi connectivity index (χ0n) is 12.1. The lowest BCUT2D eigenvalue weighted by molar-refractivity contribution is 0.0745. The van der Waals surface area contributed by atoms with E-state index in [1.165, 1.54) is 4.90 Å². The molecule has 1 N–H and O–H groups in total. The average Bonchev–Trinajstić information content (AvgIpc) is 2.90. The highest BCUT2D eigenvalue weighted by Gasteiger charge is 2.14. The second-order valence-electron chi connectivity index (χ2n) is 5.16. The number of benzene rings is 1. The molecule has 0 unspecified atom stereocenters. The zero-order chi connectivity index (χ0) is 15.4. The smallest absolute Gasteiger partial charge is 0.253 e. The first-order chi connectivity index (χ1) is 9.97. The monoisotopic (exact) mass is 295 g/mol. The van der Waals surface area contributed by atoms with E-state index in [9.17, 15) is 13.6 Å². The summed E-state index contributed by atoms with van der Waals surface area (Å²) in [5.41, 5.74) is 1.49. The Kier molecular flexibility index (Phi) is 4.90. The summed E-state index contributed by atoms with van der Waals surface area (Å²) in [7, 11) is 3.30. The van der Waals surface area contributed by atoms with Crippen molar-refractivity contribution in [2.75, 3.05) is 33.7 Å². The zero-order valence-corrected chi connectivity index (χ0v) is 12.1. The van der Waals surface area contributed by atoms with Gasteiger partial charge in [-0.05, 0) is 30.6 Å². The molecular formula is C15H19F2N3O. The molecule has 4 nitrogen and oxygen atoms in total. The molecular weight excluding hydrogens is 276 g/mol. The van der Waals surface area contributed by atoms with Gasteiger partial charge in [0.2, 0.25) is 0 Å². The van der Waals surface area contributed by atoms with Crippen LogP contribution in [0.4, 0.5) is 8.78 Å². The number of aromatic amines is 1. The van der Waals surface area contributed by atoms with Gasteiger partial charge in [-0.1, -0.05) is 6.07 Å². The second kappa shape index (κ2) is 6.67. The molecule has 0 saturated carbocycles. The fourth-order valence-corrected chi connectivity index (χ4v) is 2.15. The number of fused-ring (bicyclic) bond motifs is 1. The Balaban J connectivity index is 1.95. The summed E-state index contributed by atoms with van der Waals surface area (Å²) in [6.07, 6.45) is -0.534. The Hall–Kier alpha value is -1.95. The van der Waals surface area contributed by atoms with Crippen molar-refractivity contribution in [2.45, 2.75) is 6.43 Å². The number of nitrogens with one attached hydrogen (secondary N) is 1. The van der Waals surface area contributed by atoms with Gasteiger partial charge in [0.1, 0.15) is 0 Å². The number of hydrogen-bond donors (Lipinski definition) is 1. The number of carbonyl (C=O) groups excluding carboxylic acids is 1. The van der Waals surface area contributed by atoms with Crippen molar-refractivity contribution in [1.82, 2.24) is 14.8 Å². The SMILES string of the molecule is CN(CCN(C)C(=O)c1ccc2cc[nH]c2c1)CC(F)F. The number of aromatic nitrogens is 1. The van der Waals surface area contributed by atoms with E-state index in [4.69, 9.17) is 0 Å². The Morgan fingerprint density at radius 3 is 2.71 bits per heavy atom. The molecule has 1 aromatic heterocycles. The standard InChI is InChI=1S/C15H19F2N3O/c1-19(10-14(16)17)7-8-20(2)15(21)12-4-3-11-5-6-18-13(11)9-12/h3-6,9,14,18H,7-8,10H2,1-2H3. The molecule has 0 aliphatic heterocycles. The summed E-state index contributed by atoms with van der Waals surface area (Å²) in [5, 5.41) is 1.05. The van der Waals surface area contributed by atoms with Gasteiger partial charge >= 0.3 is 0 Å². The first kappa shape index (κ1) is 15.4. The normalized spacial score (nSPS) is 11.5. The van der Waals surface area contributed by atoms with Crippen molar-refractivity contribution >= 4 is 16.8 Å². The van der Waals surface area contributed by atoms with E-state index in [0.29, 0.717) is 18.7 Å². The van der Waals surface area contributed by atoms with Gasteiger partial charge in [-0.2, -0.15) is 0 Å². The number of carbonyl (C=O) groups is 1. The van der Waals surface area contributed by atoms with Crippen LogP contribution in [-0.2, 0) is 0 Å². The van der Waals surface area contributed by atoms with E-state index in [1.807, 2.05) is 18.3 Å². The van der Waals surface area contributed by atoms with Crippen LogP contribution in [0.5, 0.6) is 0 Å². The first-order valence-corrected chi connectivity index (χ1v) is 6.76. The van der Waals surface area contributed by atoms with Crippen molar-refractivity contribution < 1.29 is 13.6 Å². The molecule has 1 heterocycles. The second-order valence-corrected chi connectivity index (χ2v) is 5.16. The van der Waals surface area contributed by atoms with Gasteiger partial charge in [0, 0.05) is 37.4 Å². The molecule has 0 fully saturated rings. The molecule has 0 aliphatic carbocycles. The number of rotatable bonds is 6. The first-order valence-electron chi connectivity index (χ1n) is 6.76. The van der Waals surface area contributed by atoms with Crippen molar-refractivity contribution in [3.63, 3.8) is 0 Å². The maximum atomic E-state index is 12.3. The van der Waals surface area contributed by atoms with Gasteiger partial charge in [0.25, 0.3) is 12.3 Å². The van der Waals surface area contributed by atoms with Crippen molar-refractivity contribution in [2.24, 2.45) is 0 Å². The van der Waals surface area contributed by atoms with E-state index >= 15 is 0 Å². The third-order valence-corrected chi connectivity index (χ3v) is 3.42. The van der Waals surface area contributed by atoms with E-state index in [2.05, 4.69) is 4.98 Å². The fraction of sp³-hybridized carbons (Fsp3) is 0.400. The number of nitrogens with zero attached hydrogens (tertiary/aromatic N) is 2. The molecule has 114 valence electrons. The van der Waals surface area contributed by atoms with Gasteiger partial charge in [-0.15, -0.1) is 0 Å². The van der Waals surface area contributed by atoms with Crippen molar-refractivity contribution in [1.29, 1.82) is 0 Å². The minimum Gasteiger partial charge on any atom is -0.361 e. The summed E-state index contributed by atoms with van der Waals surface area (Å²) < 4.78 is 24.5. The molecule has 0 saturated heterocycles. The highest BCUT2D eigenvalue weighted by Crippen LogP contribution is 2.15. The van der Waals surface area contributed by atoms with E-state index in [1.54, 1.807) is 31.1 Å². The summed E-state index contributed by atoms with van der Waals surface area (Å²) in [6, 6.07) is 7.40. The quantitative estimate of drug-likeness (QED) is 0.889. The molecule has 0 atom stereocenters. The molecule has 1 aromatic carbocycles. The minimum absolute atomic E-state index is 0.114. The number of halogens is 2. The van der Waals surface area contributed by atoms with Gasteiger partial charge in [-0.25, -0.2) is 8.78 Å². The maximum absolute atomic E-state index is 12.3. The van der Waals surface area contributed by atoms with E-state index in [0.717, 1.165) is 10.9 Å².